The first-order valence-corrected chi connectivity index (χ1v) is 9.82. The zero-order valence-electron chi connectivity index (χ0n) is 16.4. The maximum Gasteiger partial charge on any atom is 0.118 e. The Morgan fingerprint density at radius 3 is 2.37 bits per heavy atom. The monoisotopic (exact) mass is 369 g/mol. The van der Waals surface area contributed by atoms with Gasteiger partial charge < -0.3 is 14.6 Å². The van der Waals surface area contributed by atoms with Gasteiger partial charge in [0, 0.05) is 19.1 Å². The number of ether oxygens (including phenoxy) is 2. The van der Waals surface area contributed by atoms with Gasteiger partial charge in [-0.05, 0) is 48.9 Å². The average Bonchev–Trinajstić information content (AvgIpc) is 3.53. The number of rotatable bonds is 11. The third kappa shape index (κ3) is 6.35. The lowest BCUT2D eigenvalue weighted by Gasteiger charge is -2.31. The van der Waals surface area contributed by atoms with Gasteiger partial charge in [-0.1, -0.05) is 42.5 Å². The van der Waals surface area contributed by atoms with E-state index in [4.69, 9.17) is 9.47 Å². The molecule has 4 nitrogen and oxygen atoms in total. The molecule has 1 aliphatic carbocycles. The molecule has 3 rings (SSSR count). The van der Waals surface area contributed by atoms with Crippen LogP contribution in [0.4, 0.5) is 0 Å². The maximum atomic E-state index is 10.5. The van der Waals surface area contributed by atoms with E-state index in [2.05, 4.69) is 36.1 Å². The third-order valence-electron chi connectivity index (χ3n) is 5.29. The van der Waals surface area contributed by atoms with E-state index in [1.165, 1.54) is 18.4 Å². The Morgan fingerprint density at radius 2 is 1.74 bits per heavy atom. The van der Waals surface area contributed by atoms with Gasteiger partial charge >= 0.3 is 0 Å². The maximum absolute atomic E-state index is 10.5. The molecule has 1 aliphatic rings. The Balaban J connectivity index is 1.48. The molecule has 0 saturated heterocycles. The van der Waals surface area contributed by atoms with Gasteiger partial charge in [0.2, 0.25) is 0 Å². The molecular formula is C23H31NO3. The average molecular weight is 370 g/mol. The molecule has 27 heavy (non-hydrogen) atoms. The zero-order chi connectivity index (χ0) is 19.1. The number of aliphatic hydroxyl groups is 1. The summed E-state index contributed by atoms with van der Waals surface area (Å²) in [5.41, 5.74) is 2.37. The molecule has 2 aromatic carbocycles. The summed E-state index contributed by atoms with van der Waals surface area (Å²) in [6, 6.07) is 18.8. The second-order valence-electron chi connectivity index (χ2n) is 7.51. The Labute approximate surface area is 162 Å². The Hall–Kier alpha value is -1.88. The molecule has 0 spiro atoms. The second-order valence-corrected chi connectivity index (χ2v) is 7.51. The molecule has 2 aromatic rings. The van der Waals surface area contributed by atoms with Gasteiger partial charge in [0.25, 0.3) is 0 Å². The van der Waals surface area contributed by atoms with E-state index in [0.717, 1.165) is 23.8 Å². The largest absolute Gasteiger partial charge is 0.497 e. The normalized spacial score (nSPS) is 16.3. The van der Waals surface area contributed by atoms with E-state index in [1.807, 2.05) is 30.3 Å². The van der Waals surface area contributed by atoms with Crippen LogP contribution in [-0.2, 0) is 17.9 Å². The third-order valence-corrected chi connectivity index (χ3v) is 5.29. The van der Waals surface area contributed by atoms with Crippen molar-refractivity contribution in [1.29, 1.82) is 0 Å². The summed E-state index contributed by atoms with van der Waals surface area (Å²) in [6.07, 6.45) is 2.11. The molecule has 0 heterocycles. The molecule has 4 heteroatoms. The number of methoxy groups -OCH3 is 1. The number of aliphatic hydroxyl groups excluding tert-OH is 1. The zero-order valence-corrected chi connectivity index (χ0v) is 16.4. The minimum Gasteiger partial charge on any atom is -0.497 e. The van der Waals surface area contributed by atoms with Crippen molar-refractivity contribution in [2.75, 3.05) is 20.3 Å². The minimum absolute atomic E-state index is 0.342. The lowest BCUT2D eigenvalue weighted by Crippen LogP contribution is -2.41. The second kappa shape index (κ2) is 9.88. The van der Waals surface area contributed by atoms with Gasteiger partial charge in [0.05, 0.1) is 26.4 Å². The number of hydrogen-bond acceptors (Lipinski definition) is 4. The first-order valence-electron chi connectivity index (χ1n) is 9.82. The van der Waals surface area contributed by atoms with E-state index in [0.29, 0.717) is 25.8 Å². The Morgan fingerprint density at radius 1 is 1.04 bits per heavy atom. The van der Waals surface area contributed by atoms with Crippen molar-refractivity contribution < 1.29 is 14.6 Å². The van der Waals surface area contributed by atoms with Crippen molar-refractivity contribution in [3.8, 4) is 5.75 Å². The first-order chi connectivity index (χ1) is 13.2. The summed E-state index contributed by atoms with van der Waals surface area (Å²) in [5, 5.41) is 10.5. The van der Waals surface area contributed by atoms with Crippen LogP contribution in [0.5, 0.6) is 5.75 Å². The predicted molar refractivity (Wildman–Crippen MR) is 108 cm³/mol. The molecule has 0 amide bonds. The topological polar surface area (TPSA) is 41.9 Å². The fraction of sp³-hybridized carbons (Fsp3) is 0.478. The van der Waals surface area contributed by atoms with Crippen molar-refractivity contribution in [2.45, 2.75) is 45.1 Å². The highest BCUT2D eigenvalue weighted by Gasteiger charge is 2.32. The van der Waals surface area contributed by atoms with Crippen molar-refractivity contribution in [3.63, 3.8) is 0 Å². The summed E-state index contributed by atoms with van der Waals surface area (Å²) in [6.45, 7) is 4.63. The SMILES string of the molecule is COc1ccc(COC[C@@H](O)CN(Cc2ccccc2)[C@H](C)C2CC2)cc1. The van der Waals surface area contributed by atoms with Crippen LogP contribution >= 0.6 is 0 Å². The minimum atomic E-state index is -0.492. The summed E-state index contributed by atoms with van der Waals surface area (Å²) < 4.78 is 10.9. The number of benzene rings is 2. The van der Waals surface area contributed by atoms with Gasteiger partial charge in [-0.25, -0.2) is 0 Å². The standard InChI is InChI=1S/C23H31NO3/c1-18(21-10-11-21)24(14-19-6-4-3-5-7-19)15-22(25)17-27-16-20-8-12-23(26-2)13-9-20/h3-9,12-13,18,21-22,25H,10-11,14-17H2,1-2H3/t18-,22+/m1/s1. The fourth-order valence-electron chi connectivity index (χ4n) is 3.43. The van der Waals surface area contributed by atoms with Gasteiger partial charge in [-0.2, -0.15) is 0 Å². The van der Waals surface area contributed by atoms with Crippen LogP contribution in [0.2, 0.25) is 0 Å². The highest BCUT2D eigenvalue weighted by molar-refractivity contribution is 5.26. The van der Waals surface area contributed by atoms with Gasteiger partial charge in [0.15, 0.2) is 0 Å². The molecule has 0 bridgehead atoms. The summed E-state index contributed by atoms with van der Waals surface area (Å²) in [5.74, 6) is 1.60. The lowest BCUT2D eigenvalue weighted by molar-refractivity contribution is -0.000131. The molecule has 0 aliphatic heterocycles. The summed E-state index contributed by atoms with van der Waals surface area (Å²) in [7, 11) is 1.66. The van der Waals surface area contributed by atoms with Crippen molar-refractivity contribution in [3.05, 3.63) is 65.7 Å². The van der Waals surface area contributed by atoms with E-state index in [-0.39, 0.29) is 0 Å². The highest BCUT2D eigenvalue weighted by Crippen LogP contribution is 2.35. The number of hydrogen-bond donors (Lipinski definition) is 1. The van der Waals surface area contributed by atoms with Crippen molar-refractivity contribution in [1.82, 2.24) is 4.90 Å². The van der Waals surface area contributed by atoms with Crippen LogP contribution in [0.25, 0.3) is 0 Å². The molecule has 0 aromatic heterocycles. The first kappa shape index (κ1) is 19.9. The summed E-state index contributed by atoms with van der Waals surface area (Å²) in [4.78, 5) is 2.40. The molecule has 1 saturated carbocycles. The van der Waals surface area contributed by atoms with Crippen LogP contribution < -0.4 is 4.74 Å². The van der Waals surface area contributed by atoms with Crippen LogP contribution in [0.15, 0.2) is 54.6 Å². The lowest BCUT2D eigenvalue weighted by atomic mass is 10.1. The molecule has 0 unspecified atom stereocenters. The van der Waals surface area contributed by atoms with Gasteiger partial charge in [-0.3, -0.25) is 4.90 Å². The quantitative estimate of drug-likeness (QED) is 0.653. The highest BCUT2D eigenvalue weighted by atomic mass is 16.5. The van der Waals surface area contributed by atoms with Crippen molar-refractivity contribution in [2.24, 2.45) is 5.92 Å². The molecular weight excluding hydrogens is 338 g/mol. The molecule has 0 radical (unpaired) electrons. The Kier molecular flexibility index (Phi) is 7.27. The Bertz CT molecular complexity index is 670. The van der Waals surface area contributed by atoms with E-state index >= 15 is 0 Å². The van der Waals surface area contributed by atoms with Crippen LogP contribution in [0.3, 0.4) is 0 Å². The van der Waals surface area contributed by atoms with E-state index in [9.17, 15) is 5.11 Å². The van der Waals surface area contributed by atoms with Crippen LogP contribution in [0.1, 0.15) is 30.9 Å². The van der Waals surface area contributed by atoms with Gasteiger partial charge in [0.1, 0.15) is 5.75 Å². The molecule has 1 N–H and O–H groups in total. The molecule has 1 fully saturated rings. The van der Waals surface area contributed by atoms with E-state index < -0.39 is 6.10 Å². The van der Waals surface area contributed by atoms with Crippen molar-refractivity contribution >= 4 is 0 Å². The van der Waals surface area contributed by atoms with E-state index in [1.54, 1.807) is 7.11 Å². The molecule has 146 valence electrons. The fourth-order valence-corrected chi connectivity index (χ4v) is 3.43. The predicted octanol–water partition coefficient (Wildman–Crippen LogP) is 3.87. The number of nitrogens with zero attached hydrogens (tertiary/aromatic N) is 1. The van der Waals surface area contributed by atoms with Crippen LogP contribution in [-0.4, -0.2) is 42.4 Å². The smallest absolute Gasteiger partial charge is 0.118 e. The van der Waals surface area contributed by atoms with Gasteiger partial charge in [-0.15, -0.1) is 0 Å². The summed E-state index contributed by atoms with van der Waals surface area (Å²) >= 11 is 0. The van der Waals surface area contributed by atoms with Crippen LogP contribution in [0, 0.1) is 5.92 Å². The molecule has 2 atom stereocenters.